The second kappa shape index (κ2) is 6.50. The molecule has 0 bridgehead atoms. The second-order valence-corrected chi connectivity index (χ2v) is 7.43. The van der Waals surface area contributed by atoms with Crippen molar-refractivity contribution in [2.24, 2.45) is 5.92 Å². The van der Waals surface area contributed by atoms with Gasteiger partial charge in [0.15, 0.2) is 0 Å². The molecule has 2 heteroatoms. The minimum Gasteiger partial charge on any atom is -0.309 e. The minimum atomic E-state index is 0.255. The average molecular weight is 288 g/mol. The molecule has 0 aromatic heterocycles. The summed E-state index contributed by atoms with van der Waals surface area (Å²) in [5, 5.41) is 3.77. The molecule has 0 saturated carbocycles. The van der Waals surface area contributed by atoms with Gasteiger partial charge >= 0.3 is 0 Å². The fourth-order valence-electron chi connectivity index (χ4n) is 3.31. The molecule has 2 nitrogen and oxygen atoms in total. The summed E-state index contributed by atoms with van der Waals surface area (Å²) in [5.41, 5.74) is 4.49. The Morgan fingerprint density at radius 3 is 2.57 bits per heavy atom. The van der Waals surface area contributed by atoms with Crippen molar-refractivity contribution in [2.45, 2.75) is 66.1 Å². The highest BCUT2D eigenvalue weighted by atomic mass is 15.3. The third-order valence-corrected chi connectivity index (χ3v) is 5.27. The average Bonchev–Trinajstić information content (AvgIpc) is 2.43. The summed E-state index contributed by atoms with van der Waals surface area (Å²) in [6.07, 6.45) is 1.18. The SMILES string of the molecule is CCC1(C)CN(Cc2ccc(C)c(C)c2)C(C(C)C)CN1. The van der Waals surface area contributed by atoms with E-state index in [1.807, 2.05) is 0 Å². The molecule has 1 aromatic rings. The minimum absolute atomic E-state index is 0.255. The summed E-state index contributed by atoms with van der Waals surface area (Å²) in [6.45, 7) is 17.0. The van der Waals surface area contributed by atoms with Crippen molar-refractivity contribution >= 4 is 0 Å². The summed E-state index contributed by atoms with van der Waals surface area (Å²) < 4.78 is 0. The Balaban J connectivity index is 2.17. The lowest BCUT2D eigenvalue weighted by Gasteiger charge is -2.47. The molecular formula is C19H32N2. The molecule has 118 valence electrons. The van der Waals surface area contributed by atoms with E-state index in [9.17, 15) is 0 Å². The van der Waals surface area contributed by atoms with Crippen LogP contribution in [0.5, 0.6) is 0 Å². The van der Waals surface area contributed by atoms with Gasteiger partial charge in [0.1, 0.15) is 0 Å². The van der Waals surface area contributed by atoms with Crippen molar-refractivity contribution in [3.8, 4) is 0 Å². The molecule has 1 aliphatic rings. The van der Waals surface area contributed by atoms with Crippen LogP contribution in [0.25, 0.3) is 0 Å². The Labute approximate surface area is 130 Å². The molecule has 0 spiro atoms. The number of rotatable bonds is 4. The standard InChI is InChI=1S/C19H32N2/c1-7-19(6)13-21(18(11-20-19)14(2)3)12-17-9-8-15(4)16(5)10-17/h8-10,14,18,20H,7,11-13H2,1-6H3. The van der Waals surface area contributed by atoms with Crippen LogP contribution in [0, 0.1) is 19.8 Å². The molecule has 1 heterocycles. The molecule has 0 radical (unpaired) electrons. The van der Waals surface area contributed by atoms with E-state index in [0.717, 1.165) is 19.6 Å². The fraction of sp³-hybridized carbons (Fsp3) is 0.684. The first-order chi connectivity index (χ1) is 9.84. The van der Waals surface area contributed by atoms with Crippen LogP contribution in [-0.2, 0) is 6.54 Å². The maximum atomic E-state index is 3.77. The third-order valence-electron chi connectivity index (χ3n) is 5.27. The fourth-order valence-corrected chi connectivity index (χ4v) is 3.31. The van der Waals surface area contributed by atoms with Gasteiger partial charge in [-0.25, -0.2) is 0 Å². The molecule has 2 atom stereocenters. The zero-order valence-electron chi connectivity index (χ0n) is 14.7. The smallest absolute Gasteiger partial charge is 0.0278 e. The summed E-state index contributed by atoms with van der Waals surface area (Å²) in [7, 11) is 0. The number of nitrogens with one attached hydrogen (secondary N) is 1. The van der Waals surface area contributed by atoms with Gasteiger partial charge in [-0.15, -0.1) is 0 Å². The van der Waals surface area contributed by atoms with Crippen LogP contribution in [0.1, 0.15) is 50.8 Å². The van der Waals surface area contributed by atoms with Gasteiger partial charge in [-0.3, -0.25) is 4.90 Å². The van der Waals surface area contributed by atoms with Gasteiger partial charge in [-0.05, 0) is 49.8 Å². The second-order valence-electron chi connectivity index (χ2n) is 7.43. The lowest BCUT2D eigenvalue weighted by Crippen LogP contribution is -2.63. The van der Waals surface area contributed by atoms with Crippen molar-refractivity contribution in [2.75, 3.05) is 13.1 Å². The van der Waals surface area contributed by atoms with Gasteiger partial charge in [-0.2, -0.15) is 0 Å². The van der Waals surface area contributed by atoms with Crippen molar-refractivity contribution in [1.29, 1.82) is 0 Å². The van der Waals surface area contributed by atoms with E-state index in [1.54, 1.807) is 0 Å². The number of nitrogens with zero attached hydrogens (tertiary/aromatic N) is 1. The molecule has 1 saturated heterocycles. The predicted molar refractivity (Wildman–Crippen MR) is 91.7 cm³/mol. The van der Waals surface area contributed by atoms with Gasteiger partial charge < -0.3 is 5.32 Å². The van der Waals surface area contributed by atoms with Crippen molar-refractivity contribution in [3.05, 3.63) is 34.9 Å². The van der Waals surface area contributed by atoms with E-state index in [0.29, 0.717) is 12.0 Å². The monoisotopic (exact) mass is 288 g/mol. The Bertz CT molecular complexity index is 480. The van der Waals surface area contributed by atoms with Crippen molar-refractivity contribution in [1.82, 2.24) is 10.2 Å². The molecule has 1 aliphatic heterocycles. The summed E-state index contributed by atoms with van der Waals surface area (Å²) in [6, 6.07) is 7.55. The van der Waals surface area contributed by atoms with Crippen LogP contribution in [0.15, 0.2) is 18.2 Å². The molecule has 0 amide bonds. The summed E-state index contributed by atoms with van der Waals surface area (Å²) in [5.74, 6) is 0.686. The normalized spacial score (nSPS) is 27.3. The first-order valence-corrected chi connectivity index (χ1v) is 8.40. The zero-order chi connectivity index (χ0) is 15.6. The van der Waals surface area contributed by atoms with Crippen molar-refractivity contribution in [3.63, 3.8) is 0 Å². The van der Waals surface area contributed by atoms with Gasteiger partial charge in [0.25, 0.3) is 0 Å². The van der Waals surface area contributed by atoms with Gasteiger partial charge in [0.05, 0.1) is 0 Å². The van der Waals surface area contributed by atoms with Gasteiger partial charge in [0.2, 0.25) is 0 Å². The van der Waals surface area contributed by atoms with Gasteiger partial charge in [0, 0.05) is 31.2 Å². The Kier molecular flexibility index (Phi) is 5.11. The quantitative estimate of drug-likeness (QED) is 0.904. The molecule has 0 aliphatic carbocycles. The van der Waals surface area contributed by atoms with Crippen LogP contribution in [0.2, 0.25) is 0 Å². The maximum absolute atomic E-state index is 3.77. The van der Waals surface area contributed by atoms with Crippen LogP contribution >= 0.6 is 0 Å². The third kappa shape index (κ3) is 3.87. The predicted octanol–water partition coefficient (Wildman–Crippen LogP) is 3.90. The Morgan fingerprint density at radius 1 is 1.29 bits per heavy atom. The van der Waals surface area contributed by atoms with Crippen LogP contribution in [0.4, 0.5) is 0 Å². The lowest BCUT2D eigenvalue weighted by molar-refractivity contribution is 0.0539. The van der Waals surface area contributed by atoms with Crippen LogP contribution in [0.3, 0.4) is 0 Å². The zero-order valence-corrected chi connectivity index (χ0v) is 14.7. The summed E-state index contributed by atoms with van der Waals surface area (Å²) in [4.78, 5) is 2.69. The first kappa shape index (κ1) is 16.5. The molecular weight excluding hydrogens is 256 g/mol. The highest BCUT2D eigenvalue weighted by Gasteiger charge is 2.35. The first-order valence-electron chi connectivity index (χ1n) is 8.40. The molecule has 1 N–H and O–H groups in total. The highest BCUT2D eigenvalue weighted by molar-refractivity contribution is 5.30. The number of benzene rings is 1. The van der Waals surface area contributed by atoms with Crippen LogP contribution < -0.4 is 5.32 Å². The highest BCUT2D eigenvalue weighted by Crippen LogP contribution is 2.25. The Hall–Kier alpha value is -0.860. The van der Waals surface area contributed by atoms with E-state index in [-0.39, 0.29) is 5.54 Å². The number of piperazine rings is 1. The number of aryl methyl sites for hydroxylation is 2. The van der Waals surface area contributed by atoms with E-state index in [2.05, 4.69) is 70.0 Å². The van der Waals surface area contributed by atoms with Gasteiger partial charge in [-0.1, -0.05) is 39.0 Å². The van der Waals surface area contributed by atoms with E-state index < -0.39 is 0 Å². The topological polar surface area (TPSA) is 15.3 Å². The van der Waals surface area contributed by atoms with E-state index >= 15 is 0 Å². The van der Waals surface area contributed by atoms with E-state index in [4.69, 9.17) is 0 Å². The number of hydrogen-bond donors (Lipinski definition) is 1. The summed E-state index contributed by atoms with van der Waals surface area (Å²) >= 11 is 0. The molecule has 21 heavy (non-hydrogen) atoms. The molecule has 2 rings (SSSR count). The number of hydrogen-bond acceptors (Lipinski definition) is 2. The molecule has 2 unspecified atom stereocenters. The lowest BCUT2D eigenvalue weighted by atomic mass is 9.89. The molecule has 1 fully saturated rings. The largest absolute Gasteiger partial charge is 0.309 e. The van der Waals surface area contributed by atoms with Crippen LogP contribution in [-0.4, -0.2) is 29.6 Å². The Morgan fingerprint density at radius 2 is 2.00 bits per heavy atom. The van der Waals surface area contributed by atoms with Crippen molar-refractivity contribution < 1.29 is 0 Å². The maximum Gasteiger partial charge on any atom is 0.0278 e. The van der Waals surface area contributed by atoms with E-state index in [1.165, 1.54) is 23.1 Å². The molecule has 1 aromatic carbocycles.